The van der Waals surface area contributed by atoms with E-state index in [9.17, 15) is 0 Å². The first kappa shape index (κ1) is 23.1. The Morgan fingerprint density at radius 3 is 1.94 bits per heavy atom. The second-order valence-corrected chi connectivity index (χ2v) is 9.11. The van der Waals surface area contributed by atoms with Crippen molar-refractivity contribution in [2.24, 2.45) is 4.99 Å². The minimum absolute atomic E-state index is 0. The van der Waals surface area contributed by atoms with Gasteiger partial charge in [0, 0.05) is 6.21 Å². The summed E-state index contributed by atoms with van der Waals surface area (Å²) in [5, 5.41) is 0. The van der Waals surface area contributed by atoms with Gasteiger partial charge in [-0.1, -0.05) is 60.7 Å². The van der Waals surface area contributed by atoms with Gasteiger partial charge in [0.15, 0.2) is 0 Å². The fourth-order valence-electron chi connectivity index (χ4n) is 4.20. The van der Waals surface area contributed by atoms with Crippen LogP contribution in [0, 0.1) is 0 Å². The average molecular weight is 542 g/mol. The number of nitrogens with zero attached hydrogens (tertiary/aromatic N) is 2. The van der Waals surface area contributed by atoms with Crippen LogP contribution >= 0.6 is 0 Å². The first-order chi connectivity index (χ1) is 15.5. The van der Waals surface area contributed by atoms with Gasteiger partial charge in [-0.2, -0.15) is 0 Å². The summed E-state index contributed by atoms with van der Waals surface area (Å²) < 4.78 is 0.811. The van der Waals surface area contributed by atoms with E-state index in [2.05, 4.69) is 106 Å². The Kier molecular flexibility index (Phi) is 6.63. The molecule has 0 heterocycles. The number of halogens is 1. The summed E-state index contributed by atoms with van der Waals surface area (Å²) >= 11 is 0. The minimum atomic E-state index is 0. The van der Waals surface area contributed by atoms with Gasteiger partial charge in [-0.25, -0.2) is 0 Å². The van der Waals surface area contributed by atoms with Gasteiger partial charge in [0.2, 0.25) is 0 Å². The highest BCUT2D eigenvalue weighted by molar-refractivity contribution is 6.07. The predicted octanol–water partition coefficient (Wildman–Crippen LogP) is 4.21. The van der Waals surface area contributed by atoms with Crippen LogP contribution in [0.15, 0.2) is 102 Å². The molecule has 0 aromatic heterocycles. The highest BCUT2D eigenvalue weighted by Gasteiger charge is 2.23. The smallest absolute Gasteiger partial charge is 0.132 e. The molecule has 0 radical (unpaired) electrons. The lowest BCUT2D eigenvalue weighted by atomic mass is 10.0. The van der Waals surface area contributed by atoms with E-state index in [1.165, 1.54) is 39.1 Å². The summed E-state index contributed by atoms with van der Waals surface area (Å²) in [6.07, 6.45) is 4.23. The number of fused-ring (bicyclic) bond motifs is 3. The van der Waals surface area contributed by atoms with Gasteiger partial charge in [-0.15, -0.1) is 0 Å². The van der Waals surface area contributed by atoms with Crippen molar-refractivity contribution in [2.45, 2.75) is 0 Å². The standard InChI is InChI=1S/C30H27N2.HI/c1-32(2,3)25-16-13-22(14-17-25)19-29-27-12-8-7-11-26(27)28-18-15-24(20-30(28)29)31-21-23-9-5-4-6-10-23;/h4-21H,1-3H3;1H/q+1;/p-1/b29-19+,31-21?;. The summed E-state index contributed by atoms with van der Waals surface area (Å²) in [5.74, 6) is 0. The molecule has 0 bridgehead atoms. The topological polar surface area (TPSA) is 12.4 Å². The normalized spacial score (nSPS) is 13.6. The van der Waals surface area contributed by atoms with E-state index in [1.807, 2.05) is 24.4 Å². The van der Waals surface area contributed by atoms with Crippen molar-refractivity contribution in [1.29, 1.82) is 0 Å². The molecule has 0 aliphatic heterocycles. The molecular formula is C30H27IN2. The molecular weight excluding hydrogens is 515 g/mol. The van der Waals surface area contributed by atoms with E-state index in [0.29, 0.717) is 0 Å². The Hall–Kier alpha value is -3.02. The van der Waals surface area contributed by atoms with E-state index in [1.54, 1.807) is 0 Å². The molecule has 4 aromatic rings. The number of hydrogen-bond acceptors (Lipinski definition) is 1. The van der Waals surface area contributed by atoms with Crippen molar-refractivity contribution in [3.63, 3.8) is 0 Å². The number of aliphatic imine (C=N–C) groups is 1. The van der Waals surface area contributed by atoms with Gasteiger partial charge in [-0.05, 0) is 81.4 Å². The lowest BCUT2D eigenvalue weighted by Gasteiger charge is -2.23. The van der Waals surface area contributed by atoms with Crippen LogP contribution in [-0.4, -0.2) is 27.4 Å². The third kappa shape index (κ3) is 4.85. The van der Waals surface area contributed by atoms with Gasteiger partial charge < -0.3 is 24.0 Å². The first-order valence-corrected chi connectivity index (χ1v) is 11.0. The molecule has 0 spiro atoms. The summed E-state index contributed by atoms with van der Waals surface area (Å²) in [5.41, 5.74) is 10.9. The molecule has 0 saturated heterocycles. The van der Waals surface area contributed by atoms with Gasteiger partial charge >= 0.3 is 0 Å². The molecule has 0 N–H and O–H groups in total. The van der Waals surface area contributed by atoms with Crippen molar-refractivity contribution in [2.75, 3.05) is 21.1 Å². The molecule has 0 atom stereocenters. The molecule has 0 fully saturated rings. The number of rotatable bonds is 4. The molecule has 1 aliphatic rings. The third-order valence-corrected chi connectivity index (χ3v) is 5.94. The molecule has 0 amide bonds. The molecule has 5 rings (SSSR count). The fraction of sp³-hybridized carbons (Fsp3) is 0.100. The predicted molar refractivity (Wildman–Crippen MR) is 139 cm³/mol. The van der Waals surface area contributed by atoms with Crippen LogP contribution < -0.4 is 28.5 Å². The van der Waals surface area contributed by atoms with Crippen LogP contribution in [0.25, 0.3) is 22.8 Å². The maximum absolute atomic E-state index is 4.74. The number of hydrogen-bond donors (Lipinski definition) is 0. The van der Waals surface area contributed by atoms with Gasteiger partial charge in [-0.3, -0.25) is 9.48 Å². The van der Waals surface area contributed by atoms with Crippen molar-refractivity contribution < 1.29 is 24.0 Å². The van der Waals surface area contributed by atoms with Crippen LogP contribution in [0.5, 0.6) is 0 Å². The Labute approximate surface area is 213 Å². The summed E-state index contributed by atoms with van der Waals surface area (Å²) in [6, 6.07) is 34.3. The molecule has 0 saturated carbocycles. The lowest BCUT2D eigenvalue weighted by molar-refractivity contribution is -0.00000641. The molecule has 3 heteroatoms. The number of benzene rings is 4. The molecule has 0 unspecified atom stereocenters. The molecule has 4 aromatic carbocycles. The zero-order valence-corrected chi connectivity index (χ0v) is 21.3. The summed E-state index contributed by atoms with van der Waals surface area (Å²) in [6.45, 7) is 0. The summed E-state index contributed by atoms with van der Waals surface area (Å²) in [4.78, 5) is 4.74. The average Bonchev–Trinajstić information content (AvgIpc) is 3.11. The van der Waals surface area contributed by atoms with E-state index >= 15 is 0 Å². The van der Waals surface area contributed by atoms with Gasteiger partial charge in [0.1, 0.15) is 5.69 Å². The van der Waals surface area contributed by atoms with E-state index in [0.717, 1.165) is 15.7 Å². The first-order valence-electron chi connectivity index (χ1n) is 11.0. The second kappa shape index (κ2) is 9.46. The Balaban J connectivity index is 0.00000259. The van der Waals surface area contributed by atoms with E-state index in [-0.39, 0.29) is 24.0 Å². The van der Waals surface area contributed by atoms with Crippen molar-refractivity contribution >= 4 is 29.2 Å². The highest BCUT2D eigenvalue weighted by Crippen LogP contribution is 2.46. The Morgan fingerprint density at radius 1 is 0.606 bits per heavy atom. The van der Waals surface area contributed by atoms with E-state index in [4.69, 9.17) is 4.99 Å². The minimum Gasteiger partial charge on any atom is -1.00 e. The maximum Gasteiger partial charge on any atom is 0.132 e. The lowest BCUT2D eigenvalue weighted by Crippen LogP contribution is -3.00. The second-order valence-electron chi connectivity index (χ2n) is 9.11. The molecule has 164 valence electrons. The molecule has 1 aliphatic carbocycles. The Morgan fingerprint density at radius 2 is 1.24 bits per heavy atom. The highest BCUT2D eigenvalue weighted by atomic mass is 127. The van der Waals surface area contributed by atoms with Gasteiger partial charge in [0.25, 0.3) is 0 Å². The zero-order valence-electron chi connectivity index (χ0n) is 19.2. The van der Waals surface area contributed by atoms with E-state index < -0.39 is 0 Å². The number of quaternary nitrogens is 1. The fourth-order valence-corrected chi connectivity index (χ4v) is 4.20. The summed E-state index contributed by atoms with van der Waals surface area (Å²) in [7, 11) is 6.57. The van der Waals surface area contributed by atoms with Crippen LogP contribution in [0.1, 0.15) is 22.3 Å². The largest absolute Gasteiger partial charge is 1.00 e. The maximum atomic E-state index is 4.74. The SMILES string of the molecule is C[N+](C)(C)c1ccc(/C=C2\c3ccccc3-c3ccc(N=Cc4ccccc4)cc32)cc1.[I-]. The zero-order chi connectivity index (χ0) is 22.1. The quantitative estimate of drug-likeness (QED) is 0.183. The van der Waals surface area contributed by atoms with Crippen LogP contribution in [0.3, 0.4) is 0 Å². The van der Waals surface area contributed by atoms with Crippen molar-refractivity contribution in [1.82, 2.24) is 4.48 Å². The van der Waals surface area contributed by atoms with Crippen molar-refractivity contribution in [3.8, 4) is 11.1 Å². The monoisotopic (exact) mass is 542 g/mol. The van der Waals surface area contributed by atoms with Crippen LogP contribution in [-0.2, 0) is 0 Å². The van der Waals surface area contributed by atoms with Crippen molar-refractivity contribution in [3.05, 3.63) is 119 Å². The van der Waals surface area contributed by atoms with Crippen LogP contribution in [0.2, 0.25) is 0 Å². The van der Waals surface area contributed by atoms with Gasteiger partial charge in [0.05, 0.1) is 26.8 Å². The van der Waals surface area contributed by atoms with Crippen LogP contribution in [0.4, 0.5) is 11.4 Å². The molecule has 2 nitrogen and oxygen atoms in total. The third-order valence-electron chi connectivity index (χ3n) is 5.94. The molecule has 33 heavy (non-hydrogen) atoms. The Bertz CT molecular complexity index is 1330.